The van der Waals surface area contributed by atoms with Crippen LogP contribution in [0.3, 0.4) is 0 Å². The fourth-order valence-corrected chi connectivity index (χ4v) is 2.92. The molecule has 0 saturated carbocycles. The Morgan fingerprint density at radius 2 is 0.550 bits per heavy atom. The van der Waals surface area contributed by atoms with Gasteiger partial charge in [0.2, 0.25) is 0 Å². The second-order valence-corrected chi connectivity index (χ2v) is 8.01. The van der Waals surface area contributed by atoms with Gasteiger partial charge in [-0.2, -0.15) is 0 Å². The van der Waals surface area contributed by atoms with Crippen LogP contribution in [0, 0.1) is 60.7 Å². The van der Waals surface area contributed by atoms with E-state index in [0.29, 0.717) is 0 Å². The molecule has 0 radical (unpaired) electrons. The molecule has 0 aromatic rings. The summed E-state index contributed by atoms with van der Waals surface area (Å²) < 4.78 is -19.5. The average Bonchev–Trinajstić information content (AvgIpc) is 2.15. The minimum atomic E-state index is -10.4. The summed E-state index contributed by atoms with van der Waals surface area (Å²) in [6.07, 6.45) is 0. The summed E-state index contributed by atoms with van der Waals surface area (Å²) in [4.78, 5) is 63.2. The fraction of sp³-hybridized carbons (Fsp3) is 0. The first-order valence-corrected chi connectivity index (χ1v) is 6.10. The van der Waals surface area contributed by atoms with Crippen molar-refractivity contribution in [2.75, 3.05) is 0 Å². The predicted octanol–water partition coefficient (Wildman–Crippen LogP) is -2.29. The van der Waals surface area contributed by atoms with E-state index in [9.17, 15) is 60.7 Å². The molecule has 20 heteroatoms. The zero-order chi connectivity index (χ0) is 15.9. The zero-order valence-corrected chi connectivity index (χ0v) is 9.04. The van der Waals surface area contributed by atoms with Crippen LogP contribution in [0.25, 0.3) is 0 Å². The molecule has 18 nitrogen and oxygen atoms in total. The van der Waals surface area contributed by atoms with E-state index >= 15 is 0 Å². The van der Waals surface area contributed by atoms with Crippen LogP contribution in [-0.2, 0) is 12.0 Å². The summed E-state index contributed by atoms with van der Waals surface area (Å²) in [6.45, 7) is 0. The van der Waals surface area contributed by atoms with Gasteiger partial charge < -0.3 is 0 Å². The molecule has 0 amide bonds. The standard InChI is InChI=1S/Fe.6NO2.Na.H/c;6*2-1-3;;. The Morgan fingerprint density at radius 3 is 0.550 bits per heavy atom. The second kappa shape index (κ2) is 4.49. The van der Waals surface area contributed by atoms with Gasteiger partial charge in [-0.25, -0.2) is 0 Å². The molecule has 0 aliphatic heterocycles. The van der Waals surface area contributed by atoms with Gasteiger partial charge in [-0.3, -0.25) is 0 Å². The molecule has 0 bridgehead atoms. The first kappa shape index (κ1) is 20.2. The molecule has 20 heavy (non-hydrogen) atoms. The van der Waals surface area contributed by atoms with Gasteiger partial charge in [-0.05, 0) is 0 Å². The van der Waals surface area contributed by atoms with Gasteiger partial charge in [0, 0.05) is 0 Å². The van der Waals surface area contributed by atoms with Crippen molar-refractivity contribution in [1.29, 1.82) is 0 Å². The molecule has 0 spiro atoms. The van der Waals surface area contributed by atoms with E-state index in [2.05, 4.69) is 0 Å². The molecule has 112 valence electrons. The molecule has 0 atom stereocenters. The van der Waals surface area contributed by atoms with Crippen LogP contribution < -0.4 is 0 Å². The van der Waals surface area contributed by atoms with Crippen LogP contribution >= 0.6 is 0 Å². The molecule has 0 N–H and O–H groups in total. The average molecular weight is 356 g/mol. The molecule has 0 aliphatic rings. The Bertz CT molecular complexity index is 431. The second-order valence-electron chi connectivity index (χ2n) is 2.28. The van der Waals surface area contributed by atoms with Gasteiger partial charge in [0.1, 0.15) is 0 Å². The summed E-state index contributed by atoms with van der Waals surface area (Å²) in [5.41, 5.74) is 0. The Kier molecular flexibility index (Phi) is 4.54. The van der Waals surface area contributed by atoms with Crippen molar-refractivity contribution in [3.05, 3.63) is 60.7 Å². The van der Waals surface area contributed by atoms with Crippen molar-refractivity contribution >= 4 is 29.6 Å². The number of nitro groups is 6. The van der Waals surface area contributed by atoms with E-state index in [0.717, 1.165) is 0 Å². The molecular weight excluding hydrogens is 355 g/mol. The van der Waals surface area contributed by atoms with Gasteiger partial charge in [0.25, 0.3) is 0 Å². The number of nitrogens with zero attached hydrogens (tertiary/aromatic N) is 6. The molecule has 0 saturated heterocycles. The summed E-state index contributed by atoms with van der Waals surface area (Å²) in [7, 11) is 0. The third-order valence-electron chi connectivity index (χ3n) is 1.73. The Labute approximate surface area is 126 Å². The monoisotopic (exact) mass is 356 g/mol. The van der Waals surface area contributed by atoms with Crippen molar-refractivity contribution in [3.8, 4) is 0 Å². The van der Waals surface area contributed by atoms with E-state index in [4.69, 9.17) is 0 Å². The predicted molar refractivity (Wildman–Crippen MR) is 49.1 cm³/mol. The van der Waals surface area contributed by atoms with Crippen LogP contribution in [0.1, 0.15) is 0 Å². The van der Waals surface area contributed by atoms with Gasteiger partial charge >= 0.3 is 126 Å². The molecular formula is HFeN6NaO12. The topological polar surface area (TPSA) is 259 Å². The van der Waals surface area contributed by atoms with E-state index in [1.54, 1.807) is 0 Å². The fourth-order valence-electron chi connectivity index (χ4n) is 0.707. The van der Waals surface area contributed by atoms with Crippen molar-refractivity contribution in [1.82, 2.24) is 0 Å². The first-order valence-electron chi connectivity index (χ1n) is 3.14. The number of hydrogen-bond donors (Lipinski definition) is 0. The Hall–Kier alpha value is -2.08. The van der Waals surface area contributed by atoms with Crippen LogP contribution in [-0.4, -0.2) is 53.2 Å². The molecule has 0 rings (SSSR count). The van der Waals surface area contributed by atoms with Crippen molar-refractivity contribution in [3.63, 3.8) is 0 Å². The summed E-state index contributed by atoms with van der Waals surface area (Å²) in [5.74, 6) is 0. The molecule has 0 unspecified atom stereocenters. The molecule has 0 aromatic carbocycles. The molecule has 0 aliphatic carbocycles. The molecule has 0 aromatic heterocycles. The summed E-state index contributed by atoms with van der Waals surface area (Å²) in [6, 6.07) is 0. The summed E-state index contributed by atoms with van der Waals surface area (Å²) >= 11 is -10.4. The third-order valence-corrected chi connectivity index (χ3v) is 7.14. The van der Waals surface area contributed by atoms with Crippen molar-refractivity contribution < 1.29 is 35.7 Å². The SMILES string of the molecule is O=[N+]([O-])[Fe]([N+](=O)[O-])([N+](=O)[O-])([N+](=O)[O-])([N+](=O)[O-])[N+](=O)[O-].[NaH]. The van der Waals surface area contributed by atoms with Gasteiger partial charge in [-0.1, -0.05) is 0 Å². The van der Waals surface area contributed by atoms with Crippen LogP contribution in [0.2, 0.25) is 0 Å². The normalized spacial score (nSPS) is 13.8. The van der Waals surface area contributed by atoms with E-state index in [-0.39, 0.29) is 29.6 Å². The maximum atomic E-state index is 10.5. The van der Waals surface area contributed by atoms with Crippen LogP contribution in [0.4, 0.5) is 0 Å². The Balaban J connectivity index is 0. The van der Waals surface area contributed by atoms with Gasteiger partial charge in [0.05, 0.1) is 0 Å². The zero-order valence-electron chi connectivity index (χ0n) is 7.94. The van der Waals surface area contributed by atoms with Gasteiger partial charge in [-0.15, -0.1) is 0 Å². The van der Waals surface area contributed by atoms with Crippen LogP contribution in [0.5, 0.6) is 0 Å². The van der Waals surface area contributed by atoms with Crippen LogP contribution in [0.15, 0.2) is 0 Å². The van der Waals surface area contributed by atoms with E-state index < -0.39 is 35.7 Å². The van der Waals surface area contributed by atoms with E-state index in [1.165, 1.54) is 0 Å². The third kappa shape index (κ3) is 1.06. The quantitative estimate of drug-likeness (QED) is 0.276. The number of hydrogen-bond acceptors (Lipinski definition) is 12. The van der Waals surface area contributed by atoms with Crippen molar-refractivity contribution in [2.24, 2.45) is 0 Å². The van der Waals surface area contributed by atoms with Crippen molar-refractivity contribution in [2.45, 2.75) is 0 Å². The molecule has 0 heterocycles. The Morgan fingerprint density at radius 1 is 0.450 bits per heavy atom. The minimum absolute atomic E-state index is 0. The summed E-state index contributed by atoms with van der Waals surface area (Å²) in [5, 5.41) is 63.2. The molecule has 0 fully saturated rings. The first-order chi connectivity index (χ1) is 8.34. The van der Waals surface area contributed by atoms with Gasteiger partial charge in [0.15, 0.2) is 0 Å². The maximum absolute atomic E-state index is 10.5. The number of rotatable bonds is 6. The van der Waals surface area contributed by atoms with E-state index in [1.807, 2.05) is 0 Å².